The zero-order valence-corrected chi connectivity index (χ0v) is 21.4. The summed E-state index contributed by atoms with van der Waals surface area (Å²) in [5.41, 5.74) is 2.50. The lowest BCUT2D eigenvalue weighted by Gasteiger charge is -2.16. The van der Waals surface area contributed by atoms with Crippen LogP contribution in [0.3, 0.4) is 0 Å². The van der Waals surface area contributed by atoms with Gasteiger partial charge in [-0.05, 0) is 26.2 Å². The third kappa shape index (κ3) is 5.61. The number of aliphatic hydroxyl groups is 3. The zero-order valence-electron chi connectivity index (χ0n) is 21.4. The number of nitrogens with zero attached hydrogens (tertiary/aromatic N) is 5. The van der Waals surface area contributed by atoms with E-state index in [1.165, 1.54) is 24.1 Å². The van der Waals surface area contributed by atoms with Crippen molar-refractivity contribution in [2.75, 3.05) is 13.2 Å². The molecule has 1 aliphatic heterocycles. The lowest BCUT2D eigenvalue weighted by molar-refractivity contribution is -0.141. The van der Waals surface area contributed by atoms with E-state index in [1.807, 2.05) is 0 Å². The number of carboxylic acid groups (broad SMARTS) is 1. The van der Waals surface area contributed by atoms with Gasteiger partial charge in [0.2, 0.25) is 5.91 Å². The Morgan fingerprint density at radius 1 is 1.18 bits per heavy atom. The molecule has 0 saturated carbocycles. The van der Waals surface area contributed by atoms with E-state index < -0.39 is 49.1 Å². The number of unbranched alkanes of at least 4 members (excludes halogenated alkanes) is 1. The first-order valence-electron chi connectivity index (χ1n) is 12.4. The third-order valence-corrected chi connectivity index (χ3v) is 6.55. The number of aliphatic carboxylic acids is 1. The van der Waals surface area contributed by atoms with E-state index in [1.54, 1.807) is 17.5 Å². The van der Waals surface area contributed by atoms with Crippen molar-refractivity contribution >= 4 is 40.5 Å². The molecule has 0 aliphatic carbocycles. The normalized spacial score (nSPS) is 22.3. The van der Waals surface area contributed by atoms with Gasteiger partial charge in [-0.1, -0.05) is 0 Å². The molecule has 3 aromatic rings. The molecule has 0 aromatic carbocycles. The number of nitrogens with one attached hydrogen (secondary N) is 2. The van der Waals surface area contributed by atoms with Crippen molar-refractivity contribution in [3.8, 4) is 0 Å². The maximum Gasteiger partial charge on any atom is 0.326 e. The van der Waals surface area contributed by atoms with Gasteiger partial charge in [-0.15, -0.1) is 0 Å². The molecule has 210 valence electrons. The van der Waals surface area contributed by atoms with E-state index in [0.29, 0.717) is 59.4 Å². The lowest BCUT2D eigenvalue weighted by atomic mass is 10.1. The number of hydrogen-bond acceptors (Lipinski definition) is 11. The number of hydrogen-bond donors (Lipinski definition) is 6. The Morgan fingerprint density at radius 3 is 2.59 bits per heavy atom. The van der Waals surface area contributed by atoms with Crippen LogP contribution in [-0.2, 0) is 19.1 Å². The monoisotopic (exact) mass is 545 g/mol. The number of fused-ring (bicyclic) bond motifs is 3. The van der Waals surface area contributed by atoms with E-state index in [2.05, 4.69) is 25.6 Å². The van der Waals surface area contributed by atoms with E-state index in [-0.39, 0.29) is 6.42 Å². The second-order valence-corrected chi connectivity index (χ2v) is 9.30. The molecule has 4 heterocycles. The van der Waals surface area contributed by atoms with E-state index >= 15 is 0 Å². The van der Waals surface area contributed by atoms with Crippen molar-refractivity contribution < 1.29 is 39.5 Å². The first kappa shape index (κ1) is 28.1. The molecule has 0 radical (unpaired) electrons. The van der Waals surface area contributed by atoms with Gasteiger partial charge < -0.3 is 35.8 Å². The predicted octanol–water partition coefficient (Wildman–Crippen LogP) is -1.11. The molecule has 3 aromatic heterocycles. The van der Waals surface area contributed by atoms with Gasteiger partial charge in [-0.2, -0.15) is 0 Å². The predicted molar refractivity (Wildman–Crippen MR) is 135 cm³/mol. The van der Waals surface area contributed by atoms with Crippen LogP contribution in [0.5, 0.6) is 0 Å². The molecule has 0 bridgehead atoms. The first-order chi connectivity index (χ1) is 18.7. The van der Waals surface area contributed by atoms with Gasteiger partial charge in [-0.3, -0.25) is 18.6 Å². The van der Waals surface area contributed by atoms with Gasteiger partial charge in [0, 0.05) is 19.7 Å². The standard InChI is InChI=1S/C24H31N7O8/c1-12-18(14(8-32)7-25-6-4-3-5-15(24(37)38)29-13(2)34)30-11-27-21-17(22(30)28-12)26-10-31(21)23-20(36)19(35)16(9-33)39-23/h7-8,10-11,15-16,19-20,23,25,33,35-36H,3-6,9H2,1-2H3,(H,29,34)(H,37,38)/b14-7+/t15-,16+,19+,20+,23+/m0/s1. The molecule has 6 N–H and O–H groups in total. The number of imidazole rings is 2. The lowest BCUT2D eigenvalue weighted by Crippen LogP contribution is -2.39. The number of amides is 1. The molecule has 4 rings (SSSR count). The molecule has 15 nitrogen and oxygen atoms in total. The van der Waals surface area contributed by atoms with Gasteiger partial charge in [0.15, 0.2) is 29.3 Å². The first-order valence-corrected chi connectivity index (χ1v) is 12.4. The number of carboxylic acids is 1. The number of aldehydes is 1. The molecule has 1 aliphatic rings. The summed E-state index contributed by atoms with van der Waals surface area (Å²) < 4.78 is 8.68. The number of allylic oxidation sites excluding steroid dienone is 1. The average molecular weight is 546 g/mol. The Balaban J connectivity index is 1.49. The molecule has 5 atom stereocenters. The van der Waals surface area contributed by atoms with Crippen molar-refractivity contribution in [3.63, 3.8) is 0 Å². The molecule has 39 heavy (non-hydrogen) atoms. The molecule has 0 unspecified atom stereocenters. The van der Waals surface area contributed by atoms with Gasteiger partial charge >= 0.3 is 5.97 Å². The summed E-state index contributed by atoms with van der Waals surface area (Å²) in [7, 11) is 0. The van der Waals surface area contributed by atoms with E-state index in [4.69, 9.17) is 4.74 Å². The highest BCUT2D eigenvalue weighted by molar-refractivity contribution is 6.07. The number of aliphatic hydroxyl groups excluding tert-OH is 3. The fraction of sp³-hybridized carbons (Fsp3) is 0.500. The second-order valence-electron chi connectivity index (χ2n) is 9.30. The summed E-state index contributed by atoms with van der Waals surface area (Å²) in [4.78, 5) is 47.7. The Morgan fingerprint density at radius 2 is 1.95 bits per heavy atom. The largest absolute Gasteiger partial charge is 0.480 e. The quantitative estimate of drug-likeness (QED) is 0.0908. The van der Waals surface area contributed by atoms with Crippen molar-refractivity contribution in [1.29, 1.82) is 0 Å². The number of aromatic nitrogens is 5. The number of aryl methyl sites for hydroxylation is 1. The molecule has 1 saturated heterocycles. The Bertz CT molecular complexity index is 1400. The van der Waals surface area contributed by atoms with Crippen LogP contribution < -0.4 is 10.6 Å². The molecular weight excluding hydrogens is 514 g/mol. The third-order valence-electron chi connectivity index (χ3n) is 6.55. The molecule has 1 fully saturated rings. The van der Waals surface area contributed by atoms with Gasteiger partial charge in [0.05, 0.1) is 29.9 Å². The topological polar surface area (TPSA) is 213 Å². The number of carbonyl (C=O) groups is 3. The highest BCUT2D eigenvalue weighted by atomic mass is 16.6. The number of ether oxygens (including phenoxy) is 1. The van der Waals surface area contributed by atoms with E-state index in [9.17, 15) is 34.8 Å². The fourth-order valence-electron chi connectivity index (χ4n) is 4.64. The smallest absolute Gasteiger partial charge is 0.326 e. The summed E-state index contributed by atoms with van der Waals surface area (Å²) >= 11 is 0. The summed E-state index contributed by atoms with van der Waals surface area (Å²) in [5.74, 6) is -1.49. The molecule has 0 spiro atoms. The molecule has 1 amide bonds. The van der Waals surface area contributed by atoms with Crippen LogP contribution in [0.1, 0.15) is 43.8 Å². The van der Waals surface area contributed by atoms with Crippen LogP contribution in [-0.4, -0.2) is 100 Å². The Labute approximate surface area is 222 Å². The highest BCUT2D eigenvalue weighted by Crippen LogP contribution is 2.32. The van der Waals surface area contributed by atoms with Gasteiger partial charge in [0.1, 0.15) is 30.7 Å². The summed E-state index contributed by atoms with van der Waals surface area (Å²) in [5, 5.41) is 44.5. The van der Waals surface area contributed by atoms with Crippen LogP contribution in [0.15, 0.2) is 18.9 Å². The SMILES string of the molecule is CC(=O)N[C@@H](CCCCN/C=C(\C=O)c1c(C)nc2c3ncn([C@@H]4O[C@H](CO)[C@@H](O)[C@H]4O)c3ncn12)C(=O)O. The van der Waals surface area contributed by atoms with Crippen LogP contribution >= 0.6 is 0 Å². The van der Waals surface area contributed by atoms with Crippen molar-refractivity contribution in [3.05, 3.63) is 30.2 Å². The highest BCUT2D eigenvalue weighted by Gasteiger charge is 2.44. The van der Waals surface area contributed by atoms with E-state index in [0.717, 1.165) is 0 Å². The van der Waals surface area contributed by atoms with Crippen molar-refractivity contribution in [1.82, 2.24) is 34.6 Å². The maximum absolute atomic E-state index is 12.0. The van der Waals surface area contributed by atoms with Crippen molar-refractivity contribution in [2.24, 2.45) is 0 Å². The Kier molecular flexibility index (Phi) is 8.54. The van der Waals surface area contributed by atoms with Crippen molar-refractivity contribution in [2.45, 2.75) is 63.7 Å². The minimum absolute atomic E-state index is 0.282. The van der Waals surface area contributed by atoms with Crippen LogP contribution in [0.2, 0.25) is 0 Å². The van der Waals surface area contributed by atoms with Gasteiger partial charge in [-0.25, -0.2) is 19.7 Å². The molecular formula is C24H31N7O8. The summed E-state index contributed by atoms with van der Waals surface area (Å²) in [6.45, 7) is 3.01. The second kappa shape index (κ2) is 11.9. The minimum Gasteiger partial charge on any atom is -0.480 e. The van der Waals surface area contributed by atoms with Gasteiger partial charge in [0.25, 0.3) is 0 Å². The molecule has 15 heteroatoms. The number of carbonyl (C=O) groups excluding carboxylic acids is 2. The summed E-state index contributed by atoms with van der Waals surface area (Å²) in [6.07, 6.45) is 2.01. The Hall–Kier alpha value is -3.92. The summed E-state index contributed by atoms with van der Waals surface area (Å²) in [6, 6.07) is -0.943. The fourth-order valence-corrected chi connectivity index (χ4v) is 4.64. The maximum atomic E-state index is 12.0. The van der Waals surface area contributed by atoms with Crippen LogP contribution in [0.4, 0.5) is 0 Å². The number of rotatable bonds is 12. The average Bonchev–Trinajstić information content (AvgIpc) is 3.55. The zero-order chi connectivity index (χ0) is 28.3. The minimum atomic E-state index is -1.30. The van der Waals surface area contributed by atoms with Crippen LogP contribution in [0, 0.1) is 6.92 Å². The van der Waals surface area contributed by atoms with Crippen LogP contribution in [0.25, 0.3) is 22.4 Å².